The molecule has 0 bridgehead atoms. The Balaban J connectivity index is 2.55. The molecule has 0 aromatic carbocycles. The Morgan fingerprint density at radius 2 is 1.61 bits per heavy atom. The smallest absolute Gasteiger partial charge is 0.239 e. The number of hydrogen-bond acceptors (Lipinski definition) is 4. The fourth-order valence-electron chi connectivity index (χ4n) is 2.47. The number of carbonyl (C=O) groups excluding carboxylic acids is 1. The standard InChI is InChI=1S/C13H26N2O3/c1-12(14(8-10-16)9-11-17)13(18)15-6-4-2-3-5-7-15/h12,16-17H,2-11H2,1H3. The zero-order chi connectivity index (χ0) is 13.4. The molecule has 5 heteroatoms. The van der Waals surface area contributed by atoms with Crippen LogP contribution >= 0.6 is 0 Å². The molecule has 18 heavy (non-hydrogen) atoms. The summed E-state index contributed by atoms with van der Waals surface area (Å²) in [6.07, 6.45) is 4.57. The quantitative estimate of drug-likeness (QED) is 0.707. The van der Waals surface area contributed by atoms with Crippen LogP contribution in [-0.4, -0.2) is 71.4 Å². The monoisotopic (exact) mass is 258 g/mol. The molecule has 1 fully saturated rings. The molecule has 0 aliphatic carbocycles. The Morgan fingerprint density at radius 3 is 2.06 bits per heavy atom. The van der Waals surface area contributed by atoms with Crippen LogP contribution in [0.15, 0.2) is 0 Å². The van der Waals surface area contributed by atoms with Gasteiger partial charge in [0.2, 0.25) is 5.91 Å². The van der Waals surface area contributed by atoms with E-state index in [1.165, 1.54) is 12.8 Å². The average Bonchev–Trinajstić information content (AvgIpc) is 2.65. The summed E-state index contributed by atoms with van der Waals surface area (Å²) in [6.45, 7) is 4.43. The molecule has 1 heterocycles. The SMILES string of the molecule is CC(C(=O)N1CCCCCC1)N(CCO)CCO. The summed E-state index contributed by atoms with van der Waals surface area (Å²) >= 11 is 0. The van der Waals surface area contributed by atoms with E-state index in [1.54, 1.807) is 0 Å². The van der Waals surface area contributed by atoms with Crippen molar-refractivity contribution in [2.45, 2.75) is 38.6 Å². The van der Waals surface area contributed by atoms with Crippen LogP contribution in [0.2, 0.25) is 0 Å². The van der Waals surface area contributed by atoms with Gasteiger partial charge >= 0.3 is 0 Å². The second kappa shape index (κ2) is 8.45. The van der Waals surface area contributed by atoms with Crippen LogP contribution in [0.5, 0.6) is 0 Å². The second-order valence-corrected chi connectivity index (χ2v) is 4.90. The van der Waals surface area contributed by atoms with Gasteiger partial charge in [-0.1, -0.05) is 12.8 Å². The number of amides is 1. The highest BCUT2D eigenvalue weighted by Crippen LogP contribution is 2.12. The maximum Gasteiger partial charge on any atom is 0.239 e. The molecule has 0 aromatic rings. The Labute approximate surface area is 109 Å². The second-order valence-electron chi connectivity index (χ2n) is 4.90. The highest BCUT2D eigenvalue weighted by atomic mass is 16.3. The lowest BCUT2D eigenvalue weighted by atomic mass is 10.2. The van der Waals surface area contributed by atoms with Gasteiger partial charge in [0, 0.05) is 26.2 Å². The van der Waals surface area contributed by atoms with Crippen molar-refractivity contribution in [3.05, 3.63) is 0 Å². The van der Waals surface area contributed by atoms with Gasteiger partial charge in [0.15, 0.2) is 0 Å². The molecule has 1 aliphatic heterocycles. The van der Waals surface area contributed by atoms with Crippen molar-refractivity contribution in [1.29, 1.82) is 0 Å². The molecule has 1 saturated heterocycles. The maximum atomic E-state index is 12.4. The van der Waals surface area contributed by atoms with Gasteiger partial charge in [-0.2, -0.15) is 0 Å². The van der Waals surface area contributed by atoms with Crippen LogP contribution < -0.4 is 0 Å². The zero-order valence-electron chi connectivity index (χ0n) is 11.3. The van der Waals surface area contributed by atoms with Crippen LogP contribution in [-0.2, 0) is 4.79 Å². The van der Waals surface area contributed by atoms with Crippen molar-refractivity contribution in [2.75, 3.05) is 39.4 Å². The number of aliphatic hydroxyl groups excluding tert-OH is 2. The number of likely N-dealkylation sites (tertiary alicyclic amines) is 1. The Morgan fingerprint density at radius 1 is 1.11 bits per heavy atom. The van der Waals surface area contributed by atoms with E-state index in [9.17, 15) is 4.79 Å². The molecule has 106 valence electrons. The minimum Gasteiger partial charge on any atom is -0.395 e. The highest BCUT2D eigenvalue weighted by molar-refractivity contribution is 5.81. The molecule has 5 nitrogen and oxygen atoms in total. The van der Waals surface area contributed by atoms with Gasteiger partial charge in [0.25, 0.3) is 0 Å². The van der Waals surface area contributed by atoms with E-state index in [2.05, 4.69) is 0 Å². The highest BCUT2D eigenvalue weighted by Gasteiger charge is 2.25. The Hall–Kier alpha value is -0.650. The summed E-state index contributed by atoms with van der Waals surface area (Å²) in [6, 6.07) is -0.262. The number of carbonyl (C=O) groups is 1. The van der Waals surface area contributed by atoms with E-state index in [0.29, 0.717) is 13.1 Å². The Bertz CT molecular complexity index is 234. The molecule has 0 aromatic heterocycles. The minimum absolute atomic E-state index is 0.0115. The third-order valence-corrected chi connectivity index (χ3v) is 3.60. The maximum absolute atomic E-state index is 12.4. The lowest BCUT2D eigenvalue weighted by Gasteiger charge is -2.31. The topological polar surface area (TPSA) is 64.0 Å². The van der Waals surface area contributed by atoms with Crippen LogP contribution in [0.4, 0.5) is 0 Å². The van der Waals surface area contributed by atoms with Crippen LogP contribution in [0.25, 0.3) is 0 Å². The van der Waals surface area contributed by atoms with E-state index in [-0.39, 0.29) is 25.2 Å². The minimum atomic E-state index is -0.262. The molecule has 1 atom stereocenters. The summed E-state index contributed by atoms with van der Waals surface area (Å²) in [5.74, 6) is 0.124. The van der Waals surface area contributed by atoms with Crippen molar-refractivity contribution in [2.24, 2.45) is 0 Å². The van der Waals surface area contributed by atoms with Crippen LogP contribution in [0.1, 0.15) is 32.6 Å². The normalized spacial score (nSPS) is 18.8. The van der Waals surface area contributed by atoms with Gasteiger partial charge in [-0.25, -0.2) is 0 Å². The molecule has 0 saturated carbocycles. The lowest BCUT2D eigenvalue weighted by molar-refractivity contribution is -0.136. The van der Waals surface area contributed by atoms with Crippen molar-refractivity contribution in [3.8, 4) is 0 Å². The fraction of sp³-hybridized carbons (Fsp3) is 0.923. The zero-order valence-corrected chi connectivity index (χ0v) is 11.3. The van der Waals surface area contributed by atoms with Crippen molar-refractivity contribution < 1.29 is 15.0 Å². The van der Waals surface area contributed by atoms with Crippen molar-refractivity contribution in [3.63, 3.8) is 0 Å². The predicted octanol–water partition coefficient (Wildman–Crippen LogP) is 0.0641. The van der Waals surface area contributed by atoms with Crippen molar-refractivity contribution >= 4 is 5.91 Å². The predicted molar refractivity (Wildman–Crippen MR) is 70.3 cm³/mol. The largest absolute Gasteiger partial charge is 0.395 e. The summed E-state index contributed by atoms with van der Waals surface area (Å²) in [4.78, 5) is 16.1. The first-order valence-corrected chi connectivity index (χ1v) is 6.95. The number of rotatable bonds is 6. The molecule has 1 rings (SSSR count). The van der Waals surface area contributed by atoms with E-state index < -0.39 is 0 Å². The fourth-order valence-corrected chi connectivity index (χ4v) is 2.47. The van der Waals surface area contributed by atoms with Gasteiger partial charge in [-0.05, 0) is 19.8 Å². The van der Waals surface area contributed by atoms with Gasteiger partial charge in [-0.3, -0.25) is 9.69 Å². The molecule has 1 amide bonds. The van der Waals surface area contributed by atoms with Gasteiger partial charge in [0.1, 0.15) is 0 Å². The van der Waals surface area contributed by atoms with E-state index in [4.69, 9.17) is 10.2 Å². The van der Waals surface area contributed by atoms with Gasteiger partial charge in [-0.15, -0.1) is 0 Å². The molecule has 1 unspecified atom stereocenters. The first-order chi connectivity index (χ1) is 8.70. The lowest BCUT2D eigenvalue weighted by Crippen LogP contribution is -2.49. The molecule has 0 spiro atoms. The number of hydrogen-bond donors (Lipinski definition) is 2. The van der Waals surface area contributed by atoms with Crippen LogP contribution in [0, 0.1) is 0 Å². The van der Waals surface area contributed by atoms with Gasteiger partial charge < -0.3 is 15.1 Å². The summed E-state index contributed by atoms with van der Waals surface area (Å²) in [5.41, 5.74) is 0. The number of nitrogens with zero attached hydrogens (tertiary/aromatic N) is 2. The molecule has 2 N–H and O–H groups in total. The third-order valence-electron chi connectivity index (χ3n) is 3.60. The van der Waals surface area contributed by atoms with E-state index >= 15 is 0 Å². The van der Waals surface area contributed by atoms with Crippen molar-refractivity contribution in [1.82, 2.24) is 9.80 Å². The average molecular weight is 258 g/mol. The molecular formula is C13H26N2O3. The molecule has 0 radical (unpaired) electrons. The third kappa shape index (κ3) is 4.55. The van der Waals surface area contributed by atoms with Gasteiger partial charge in [0.05, 0.1) is 19.3 Å². The Kier molecular flexibility index (Phi) is 7.23. The summed E-state index contributed by atoms with van der Waals surface area (Å²) in [5, 5.41) is 18.0. The molecule has 1 aliphatic rings. The summed E-state index contributed by atoms with van der Waals surface area (Å²) < 4.78 is 0. The first kappa shape index (κ1) is 15.4. The number of aliphatic hydroxyl groups is 2. The first-order valence-electron chi connectivity index (χ1n) is 6.95. The van der Waals surface area contributed by atoms with E-state index in [1.807, 2.05) is 16.7 Å². The molecular weight excluding hydrogens is 232 g/mol. The van der Waals surface area contributed by atoms with E-state index in [0.717, 1.165) is 25.9 Å². The van der Waals surface area contributed by atoms with Crippen LogP contribution in [0.3, 0.4) is 0 Å². The summed E-state index contributed by atoms with van der Waals surface area (Å²) in [7, 11) is 0.